The second kappa shape index (κ2) is 6.48. The molecule has 1 saturated heterocycles. The molecule has 1 aliphatic rings. The van der Waals surface area contributed by atoms with E-state index in [1.54, 1.807) is 0 Å². The molecular weight excluding hydrogens is 282 g/mol. The van der Waals surface area contributed by atoms with E-state index in [-0.39, 0.29) is 0 Å². The fraction of sp³-hybridized carbons (Fsp3) is 0.550. The number of nitrogens with zero attached hydrogens (tertiary/aromatic N) is 3. The standard InChI is InChI=1S/C20H29N3/c1-6-16-12-18-17(14(2)3)11-15(4)21-20(18)19(13-16)23-9-7-22(5)8-10-23/h11-14H,6-10H2,1-5H3. The molecule has 1 fully saturated rings. The highest BCUT2D eigenvalue weighted by Crippen LogP contribution is 2.33. The third kappa shape index (κ3) is 3.20. The molecule has 124 valence electrons. The van der Waals surface area contributed by atoms with Crippen LogP contribution in [0.3, 0.4) is 0 Å². The van der Waals surface area contributed by atoms with Crippen LogP contribution in [-0.2, 0) is 6.42 Å². The average molecular weight is 311 g/mol. The van der Waals surface area contributed by atoms with Gasteiger partial charge in [-0.1, -0.05) is 20.8 Å². The summed E-state index contributed by atoms with van der Waals surface area (Å²) >= 11 is 0. The van der Waals surface area contributed by atoms with Crippen LogP contribution < -0.4 is 4.90 Å². The molecule has 0 aliphatic carbocycles. The van der Waals surface area contributed by atoms with Crippen molar-refractivity contribution in [2.24, 2.45) is 0 Å². The smallest absolute Gasteiger partial charge is 0.0941 e. The molecule has 3 heteroatoms. The van der Waals surface area contributed by atoms with E-state index in [0.717, 1.165) is 38.3 Å². The Hall–Kier alpha value is -1.61. The van der Waals surface area contributed by atoms with Crippen molar-refractivity contribution in [1.29, 1.82) is 0 Å². The number of likely N-dealkylation sites (N-methyl/N-ethyl adjacent to an activating group) is 1. The van der Waals surface area contributed by atoms with Crippen molar-refractivity contribution < 1.29 is 0 Å². The Balaban J connectivity index is 2.19. The highest BCUT2D eigenvalue weighted by molar-refractivity contribution is 5.94. The molecule has 2 heterocycles. The van der Waals surface area contributed by atoms with Gasteiger partial charge >= 0.3 is 0 Å². The van der Waals surface area contributed by atoms with Gasteiger partial charge in [-0.15, -0.1) is 0 Å². The molecule has 23 heavy (non-hydrogen) atoms. The van der Waals surface area contributed by atoms with E-state index >= 15 is 0 Å². The molecule has 3 nitrogen and oxygen atoms in total. The highest BCUT2D eigenvalue weighted by atomic mass is 15.2. The largest absolute Gasteiger partial charge is 0.367 e. The summed E-state index contributed by atoms with van der Waals surface area (Å²) in [5, 5.41) is 1.35. The van der Waals surface area contributed by atoms with E-state index in [4.69, 9.17) is 4.98 Å². The molecule has 0 bridgehead atoms. The van der Waals surface area contributed by atoms with Crippen LogP contribution in [0.5, 0.6) is 0 Å². The first-order chi connectivity index (χ1) is 11.0. The molecule has 0 N–H and O–H groups in total. The fourth-order valence-corrected chi connectivity index (χ4v) is 3.50. The molecule has 0 unspecified atom stereocenters. The number of rotatable bonds is 3. The van der Waals surface area contributed by atoms with Gasteiger partial charge in [0.15, 0.2) is 0 Å². The zero-order chi connectivity index (χ0) is 16.6. The van der Waals surface area contributed by atoms with Gasteiger partial charge in [0.05, 0.1) is 11.2 Å². The number of fused-ring (bicyclic) bond motifs is 1. The number of hydrogen-bond acceptors (Lipinski definition) is 3. The lowest BCUT2D eigenvalue weighted by atomic mass is 9.95. The fourth-order valence-electron chi connectivity index (χ4n) is 3.50. The highest BCUT2D eigenvalue weighted by Gasteiger charge is 2.19. The molecule has 1 aromatic carbocycles. The molecule has 0 radical (unpaired) electrons. The summed E-state index contributed by atoms with van der Waals surface area (Å²) in [6, 6.07) is 6.99. The summed E-state index contributed by atoms with van der Waals surface area (Å²) in [7, 11) is 2.21. The van der Waals surface area contributed by atoms with Crippen molar-refractivity contribution in [2.45, 2.75) is 40.0 Å². The van der Waals surface area contributed by atoms with E-state index in [1.165, 1.54) is 27.7 Å². The van der Waals surface area contributed by atoms with Gasteiger partial charge in [0.2, 0.25) is 0 Å². The van der Waals surface area contributed by atoms with Gasteiger partial charge in [0.25, 0.3) is 0 Å². The number of anilines is 1. The Kier molecular flexibility index (Phi) is 4.58. The zero-order valence-corrected chi connectivity index (χ0v) is 15.2. The minimum Gasteiger partial charge on any atom is -0.367 e. The van der Waals surface area contributed by atoms with Gasteiger partial charge in [-0.2, -0.15) is 0 Å². The van der Waals surface area contributed by atoms with Crippen LogP contribution >= 0.6 is 0 Å². The minimum absolute atomic E-state index is 0.520. The van der Waals surface area contributed by atoms with Gasteiger partial charge < -0.3 is 9.80 Å². The number of hydrogen-bond donors (Lipinski definition) is 0. The topological polar surface area (TPSA) is 19.4 Å². The third-order valence-corrected chi connectivity index (χ3v) is 4.99. The van der Waals surface area contributed by atoms with E-state index < -0.39 is 0 Å². The summed E-state index contributed by atoms with van der Waals surface area (Å²) in [5.74, 6) is 0.520. The molecule has 0 saturated carbocycles. The van der Waals surface area contributed by atoms with Crippen molar-refractivity contribution in [2.75, 3.05) is 38.1 Å². The normalized spacial score (nSPS) is 16.5. The minimum atomic E-state index is 0.520. The maximum atomic E-state index is 4.93. The molecule has 1 aliphatic heterocycles. The lowest BCUT2D eigenvalue weighted by Gasteiger charge is -2.35. The second-order valence-electron chi connectivity index (χ2n) is 7.16. The van der Waals surface area contributed by atoms with Crippen molar-refractivity contribution in [1.82, 2.24) is 9.88 Å². The van der Waals surface area contributed by atoms with Gasteiger partial charge in [-0.3, -0.25) is 4.98 Å². The number of piperazine rings is 1. The predicted octanol–water partition coefficient (Wildman–Crippen LogP) is 3.98. The molecule has 3 rings (SSSR count). The second-order valence-corrected chi connectivity index (χ2v) is 7.16. The molecule has 2 aromatic rings. The first-order valence-electron chi connectivity index (χ1n) is 8.87. The van der Waals surface area contributed by atoms with E-state index in [0.29, 0.717) is 5.92 Å². The van der Waals surface area contributed by atoms with Crippen LogP contribution in [-0.4, -0.2) is 43.1 Å². The lowest BCUT2D eigenvalue weighted by molar-refractivity contribution is 0.313. The van der Waals surface area contributed by atoms with Crippen molar-refractivity contribution >= 4 is 16.6 Å². The Labute approximate surface area is 140 Å². The van der Waals surface area contributed by atoms with Gasteiger partial charge in [0.1, 0.15) is 0 Å². The lowest BCUT2D eigenvalue weighted by Crippen LogP contribution is -2.44. The van der Waals surface area contributed by atoms with Crippen LogP contribution in [0.25, 0.3) is 10.9 Å². The van der Waals surface area contributed by atoms with Crippen molar-refractivity contribution in [3.05, 3.63) is 35.0 Å². The van der Waals surface area contributed by atoms with Crippen LogP contribution in [0.1, 0.15) is 43.5 Å². The first kappa shape index (κ1) is 16.3. The van der Waals surface area contributed by atoms with E-state index in [1.807, 2.05) is 0 Å². The Bertz CT molecular complexity index is 698. The number of pyridine rings is 1. The molecule has 1 aromatic heterocycles. The summed E-state index contributed by atoms with van der Waals surface area (Å²) in [6.07, 6.45) is 1.07. The maximum Gasteiger partial charge on any atom is 0.0941 e. The van der Waals surface area contributed by atoms with Crippen molar-refractivity contribution in [3.63, 3.8) is 0 Å². The molecule has 0 amide bonds. The van der Waals surface area contributed by atoms with Gasteiger partial charge in [-0.25, -0.2) is 0 Å². The number of benzene rings is 1. The van der Waals surface area contributed by atoms with Crippen LogP contribution in [0.2, 0.25) is 0 Å². The van der Waals surface area contributed by atoms with E-state index in [9.17, 15) is 0 Å². The Morgan fingerprint density at radius 1 is 1.09 bits per heavy atom. The van der Waals surface area contributed by atoms with Gasteiger partial charge in [-0.05, 0) is 55.6 Å². The quantitative estimate of drug-likeness (QED) is 0.854. The first-order valence-corrected chi connectivity index (χ1v) is 8.87. The number of aromatic nitrogens is 1. The van der Waals surface area contributed by atoms with Crippen molar-refractivity contribution in [3.8, 4) is 0 Å². The molecular formula is C20H29N3. The van der Waals surface area contributed by atoms with Crippen LogP contribution in [0, 0.1) is 6.92 Å². The van der Waals surface area contributed by atoms with Crippen LogP contribution in [0.4, 0.5) is 5.69 Å². The zero-order valence-electron chi connectivity index (χ0n) is 15.2. The number of aryl methyl sites for hydroxylation is 2. The summed E-state index contributed by atoms with van der Waals surface area (Å²) in [5.41, 5.74) is 6.49. The Morgan fingerprint density at radius 2 is 1.78 bits per heavy atom. The summed E-state index contributed by atoms with van der Waals surface area (Å²) in [6.45, 7) is 13.3. The van der Waals surface area contributed by atoms with Crippen LogP contribution in [0.15, 0.2) is 18.2 Å². The SMILES string of the molecule is CCc1cc(N2CCN(C)CC2)c2nc(C)cc(C(C)C)c2c1. The monoisotopic (exact) mass is 311 g/mol. The summed E-state index contributed by atoms with van der Waals surface area (Å²) in [4.78, 5) is 9.86. The Morgan fingerprint density at radius 3 is 2.39 bits per heavy atom. The molecule has 0 spiro atoms. The van der Waals surface area contributed by atoms with Gasteiger partial charge in [0, 0.05) is 37.3 Å². The van der Waals surface area contributed by atoms with E-state index in [2.05, 4.69) is 62.7 Å². The average Bonchev–Trinajstić information content (AvgIpc) is 2.54. The summed E-state index contributed by atoms with van der Waals surface area (Å²) < 4.78 is 0. The molecule has 0 atom stereocenters. The maximum absolute atomic E-state index is 4.93. The predicted molar refractivity (Wildman–Crippen MR) is 99.7 cm³/mol. The third-order valence-electron chi connectivity index (χ3n) is 4.99.